The molecule has 5 aromatic rings. The quantitative estimate of drug-likeness (QED) is 0.206. The third-order valence-corrected chi connectivity index (χ3v) is 7.65. The number of hydrogen-bond acceptors (Lipinski definition) is 3. The fourth-order valence-electron chi connectivity index (χ4n) is 5.60. The van der Waals surface area contributed by atoms with Crippen LogP contribution in [0.5, 0.6) is 0 Å². The highest BCUT2D eigenvalue weighted by molar-refractivity contribution is 5.73. The molecule has 1 aliphatic carbocycles. The van der Waals surface area contributed by atoms with E-state index in [2.05, 4.69) is 123 Å². The van der Waals surface area contributed by atoms with Crippen molar-refractivity contribution in [3.8, 4) is 45.4 Å². The van der Waals surface area contributed by atoms with Gasteiger partial charge in [0.15, 0.2) is 29.7 Å². The van der Waals surface area contributed by atoms with Gasteiger partial charge in [-0.1, -0.05) is 71.3 Å². The first-order valence-corrected chi connectivity index (χ1v) is 12.8. The first kappa shape index (κ1) is 21.8. The van der Waals surface area contributed by atoms with Gasteiger partial charge in [0.1, 0.15) is 0 Å². The van der Waals surface area contributed by atoms with Crippen LogP contribution in [0.25, 0.3) is 45.4 Å². The fourth-order valence-corrected chi connectivity index (χ4v) is 5.60. The van der Waals surface area contributed by atoms with E-state index in [0.29, 0.717) is 29.4 Å². The number of aromatic nitrogens is 4. The minimum Gasteiger partial charge on any atom is -0.208 e. The Hall–Kier alpha value is -4.44. The van der Waals surface area contributed by atoms with E-state index in [1.165, 1.54) is 33.5 Å². The maximum absolute atomic E-state index is 4.98. The second-order valence-electron chi connectivity index (χ2n) is 10.2. The van der Waals surface area contributed by atoms with E-state index < -0.39 is 0 Å². The zero-order valence-corrected chi connectivity index (χ0v) is 21.2. The van der Waals surface area contributed by atoms with Crippen molar-refractivity contribution in [3.63, 3.8) is 0 Å². The standard InChI is InChI=1S/C33H27N4/c1-20-7-11-23(12-8-20)31-34-32(24-13-9-21(2)10-14-24)36-33(35-31)25-15-16-26-27(19-25)30-22(3)18-29(30)37-17-5-4-6-28(26)37/h4-19,29-30H,1-3H3/q+1. The van der Waals surface area contributed by atoms with Crippen LogP contribution in [-0.2, 0) is 0 Å². The van der Waals surface area contributed by atoms with Crippen LogP contribution in [0.4, 0.5) is 0 Å². The second-order valence-corrected chi connectivity index (χ2v) is 10.2. The van der Waals surface area contributed by atoms with Gasteiger partial charge < -0.3 is 0 Å². The summed E-state index contributed by atoms with van der Waals surface area (Å²) in [6.45, 7) is 6.42. The molecule has 2 atom stereocenters. The molecule has 2 aliphatic rings. The Morgan fingerprint density at radius 2 is 1.19 bits per heavy atom. The van der Waals surface area contributed by atoms with Gasteiger partial charge in [-0.25, -0.2) is 15.0 Å². The molecule has 3 aromatic carbocycles. The van der Waals surface area contributed by atoms with Crippen molar-refractivity contribution < 1.29 is 4.57 Å². The largest absolute Gasteiger partial charge is 0.213 e. The van der Waals surface area contributed by atoms with Crippen molar-refractivity contribution >= 4 is 0 Å². The monoisotopic (exact) mass is 479 g/mol. The first-order chi connectivity index (χ1) is 18.0. The molecular formula is C33H27N4+. The molecule has 0 bridgehead atoms. The van der Waals surface area contributed by atoms with Crippen LogP contribution in [0.3, 0.4) is 0 Å². The van der Waals surface area contributed by atoms with Gasteiger partial charge in [0.05, 0.1) is 11.5 Å². The second kappa shape index (κ2) is 8.31. The van der Waals surface area contributed by atoms with Crippen LogP contribution in [0.2, 0.25) is 0 Å². The van der Waals surface area contributed by atoms with Crippen molar-refractivity contribution in [2.24, 2.45) is 0 Å². The Morgan fingerprint density at radius 3 is 1.78 bits per heavy atom. The summed E-state index contributed by atoms with van der Waals surface area (Å²) < 4.78 is 2.40. The van der Waals surface area contributed by atoms with Gasteiger partial charge in [-0.15, -0.1) is 0 Å². The Bertz CT molecular complexity index is 1630. The number of pyridine rings is 1. The van der Waals surface area contributed by atoms with Crippen LogP contribution in [0.15, 0.2) is 103 Å². The summed E-state index contributed by atoms with van der Waals surface area (Å²) in [7, 11) is 0. The molecular weight excluding hydrogens is 452 g/mol. The number of fused-ring (bicyclic) bond motifs is 6. The first-order valence-electron chi connectivity index (χ1n) is 12.8. The summed E-state index contributed by atoms with van der Waals surface area (Å²) >= 11 is 0. The van der Waals surface area contributed by atoms with Gasteiger partial charge >= 0.3 is 0 Å². The molecule has 3 heterocycles. The molecule has 0 radical (unpaired) electrons. The van der Waals surface area contributed by atoms with E-state index in [-0.39, 0.29) is 0 Å². The van der Waals surface area contributed by atoms with Crippen LogP contribution in [-0.4, -0.2) is 15.0 Å². The summed E-state index contributed by atoms with van der Waals surface area (Å²) in [5, 5.41) is 0. The molecule has 0 N–H and O–H groups in total. The maximum atomic E-state index is 4.98. The fraction of sp³-hybridized carbons (Fsp3) is 0.152. The predicted octanol–water partition coefficient (Wildman–Crippen LogP) is 7.04. The Kier molecular flexibility index (Phi) is 4.90. The summed E-state index contributed by atoms with van der Waals surface area (Å²) in [5.41, 5.74) is 10.7. The van der Waals surface area contributed by atoms with Crippen LogP contribution < -0.4 is 4.57 Å². The Morgan fingerprint density at radius 1 is 0.622 bits per heavy atom. The molecule has 1 aliphatic heterocycles. The van der Waals surface area contributed by atoms with Crippen molar-refractivity contribution in [2.45, 2.75) is 32.7 Å². The molecule has 2 aromatic heterocycles. The molecule has 4 heteroatoms. The van der Waals surface area contributed by atoms with Crippen LogP contribution in [0.1, 0.15) is 35.6 Å². The smallest absolute Gasteiger partial charge is 0.208 e. The average molecular weight is 480 g/mol. The van der Waals surface area contributed by atoms with Crippen LogP contribution in [0, 0.1) is 13.8 Å². The number of allylic oxidation sites excluding steroid dienone is 2. The number of aryl methyl sites for hydroxylation is 2. The lowest BCUT2D eigenvalue weighted by Gasteiger charge is -2.36. The van der Waals surface area contributed by atoms with Gasteiger partial charge in [0.2, 0.25) is 5.69 Å². The maximum Gasteiger partial charge on any atom is 0.213 e. The molecule has 0 fully saturated rings. The molecule has 0 spiro atoms. The van der Waals surface area contributed by atoms with Gasteiger partial charge in [-0.05, 0) is 50.6 Å². The lowest BCUT2D eigenvalue weighted by molar-refractivity contribution is -0.709. The highest BCUT2D eigenvalue weighted by atomic mass is 15.0. The molecule has 0 saturated heterocycles. The zero-order valence-electron chi connectivity index (χ0n) is 21.2. The van der Waals surface area contributed by atoms with Gasteiger partial charge in [-0.3, -0.25) is 0 Å². The van der Waals surface area contributed by atoms with Gasteiger partial charge in [0, 0.05) is 28.8 Å². The van der Waals surface area contributed by atoms with Gasteiger partial charge in [0.25, 0.3) is 0 Å². The zero-order chi connectivity index (χ0) is 25.1. The van der Waals surface area contributed by atoms with Crippen molar-refractivity contribution in [1.82, 2.24) is 15.0 Å². The molecule has 37 heavy (non-hydrogen) atoms. The Balaban J connectivity index is 1.41. The van der Waals surface area contributed by atoms with E-state index >= 15 is 0 Å². The number of benzene rings is 3. The highest BCUT2D eigenvalue weighted by Gasteiger charge is 2.45. The van der Waals surface area contributed by atoms with E-state index in [1.807, 2.05) is 0 Å². The van der Waals surface area contributed by atoms with E-state index in [0.717, 1.165) is 16.7 Å². The Labute approximate surface area is 217 Å². The molecule has 4 nitrogen and oxygen atoms in total. The SMILES string of the molecule is CC1=CC2C1c1cc(-c3nc(-c4ccc(C)cc4)nc(-c4ccc(C)cc4)n3)ccc1-c1cccc[n+]12. The molecule has 0 amide bonds. The third-order valence-electron chi connectivity index (χ3n) is 7.65. The van der Waals surface area contributed by atoms with E-state index in [1.54, 1.807) is 0 Å². The number of rotatable bonds is 3. The summed E-state index contributed by atoms with van der Waals surface area (Å²) in [6, 6.07) is 30.2. The predicted molar refractivity (Wildman–Crippen MR) is 147 cm³/mol. The minimum atomic E-state index is 0.364. The number of nitrogens with zero attached hydrogens (tertiary/aromatic N) is 4. The highest BCUT2D eigenvalue weighted by Crippen LogP contribution is 2.49. The van der Waals surface area contributed by atoms with E-state index in [9.17, 15) is 0 Å². The van der Waals surface area contributed by atoms with Crippen molar-refractivity contribution in [3.05, 3.63) is 119 Å². The van der Waals surface area contributed by atoms with E-state index in [4.69, 9.17) is 15.0 Å². The topological polar surface area (TPSA) is 42.6 Å². The molecule has 2 unspecified atom stereocenters. The molecule has 178 valence electrons. The van der Waals surface area contributed by atoms with Gasteiger partial charge in [-0.2, -0.15) is 4.57 Å². The summed E-state index contributed by atoms with van der Waals surface area (Å²) in [5.74, 6) is 2.46. The lowest BCUT2D eigenvalue weighted by atomic mass is 9.71. The molecule has 0 saturated carbocycles. The van der Waals surface area contributed by atoms with Crippen molar-refractivity contribution in [1.29, 1.82) is 0 Å². The third kappa shape index (κ3) is 3.60. The molecule has 7 rings (SSSR count). The minimum absolute atomic E-state index is 0.364. The van der Waals surface area contributed by atoms with Crippen LogP contribution >= 0.6 is 0 Å². The average Bonchev–Trinajstić information content (AvgIpc) is 2.92. The normalized spacial score (nSPS) is 17.2. The van der Waals surface area contributed by atoms with Crippen molar-refractivity contribution in [2.75, 3.05) is 0 Å². The summed E-state index contributed by atoms with van der Waals surface area (Å²) in [4.78, 5) is 14.8. The summed E-state index contributed by atoms with van der Waals surface area (Å²) in [6.07, 6.45) is 4.57. The number of hydrogen-bond donors (Lipinski definition) is 0. The lowest BCUT2D eigenvalue weighted by Crippen LogP contribution is -2.50.